The van der Waals surface area contributed by atoms with Gasteiger partial charge in [0.2, 0.25) is 5.95 Å². The van der Waals surface area contributed by atoms with Crippen molar-refractivity contribution in [2.75, 3.05) is 37.1 Å². The van der Waals surface area contributed by atoms with Gasteiger partial charge in [-0.05, 0) is 49.4 Å². The van der Waals surface area contributed by atoms with Gasteiger partial charge in [-0.3, -0.25) is 14.4 Å². The maximum absolute atomic E-state index is 13.2. The molecule has 1 atom stereocenters. The molecular formula is C29H36ClN8O7-. The zero-order chi connectivity index (χ0) is 32.0. The molecule has 0 spiro atoms. The monoisotopic (exact) mass is 643 g/mol. The zero-order valence-electron chi connectivity index (χ0n) is 24.9. The van der Waals surface area contributed by atoms with Crippen molar-refractivity contribution in [3.05, 3.63) is 70.0 Å². The van der Waals surface area contributed by atoms with Gasteiger partial charge < -0.3 is 35.4 Å². The van der Waals surface area contributed by atoms with Crippen LogP contribution in [0.5, 0.6) is 5.75 Å². The van der Waals surface area contributed by atoms with Crippen molar-refractivity contribution in [3.8, 4) is 5.75 Å². The first-order valence-corrected chi connectivity index (χ1v) is 14.9. The highest BCUT2D eigenvalue weighted by atomic mass is 35.5. The Bertz CT molecular complexity index is 1400. The first-order chi connectivity index (χ1) is 21.8. The van der Waals surface area contributed by atoms with E-state index in [0.717, 1.165) is 18.4 Å². The number of anilines is 2. The van der Waals surface area contributed by atoms with Crippen LogP contribution in [-0.2, 0) is 27.5 Å². The third-order valence-corrected chi connectivity index (χ3v) is 7.32. The lowest BCUT2D eigenvalue weighted by atomic mass is 10.2. The van der Waals surface area contributed by atoms with Crippen molar-refractivity contribution < 1.29 is 29.1 Å². The van der Waals surface area contributed by atoms with E-state index >= 15 is 0 Å². The molecule has 242 valence electrons. The molecular weight excluding hydrogens is 608 g/mol. The number of methoxy groups -OCH3 is 1. The molecule has 1 amide bonds. The fourth-order valence-electron chi connectivity index (χ4n) is 4.72. The summed E-state index contributed by atoms with van der Waals surface area (Å²) in [7, 11) is 1.54. The van der Waals surface area contributed by atoms with Crippen LogP contribution in [-0.4, -0.2) is 75.3 Å². The van der Waals surface area contributed by atoms with E-state index in [9.17, 15) is 14.8 Å². The Morgan fingerprint density at radius 3 is 2.76 bits per heavy atom. The average molecular weight is 644 g/mol. The van der Waals surface area contributed by atoms with E-state index in [4.69, 9.17) is 31.3 Å². The van der Waals surface area contributed by atoms with E-state index < -0.39 is 11.3 Å². The van der Waals surface area contributed by atoms with Crippen molar-refractivity contribution >= 4 is 35.2 Å². The number of ether oxygens (including phenoxy) is 2. The lowest BCUT2D eigenvalue weighted by Gasteiger charge is -2.25. The van der Waals surface area contributed by atoms with E-state index in [0.29, 0.717) is 60.7 Å². The Kier molecular flexibility index (Phi) is 13.0. The molecule has 1 fully saturated rings. The number of nitrogens with zero attached hydrogens (tertiary/aromatic N) is 6. The smallest absolute Gasteiger partial charge is 0.305 e. The largest absolute Gasteiger partial charge is 0.738 e. The Balaban J connectivity index is 1.41. The fourth-order valence-corrected chi connectivity index (χ4v) is 5.00. The van der Waals surface area contributed by atoms with Crippen molar-refractivity contribution in [3.63, 3.8) is 0 Å². The number of aromatic nitrogens is 4. The molecule has 15 nitrogen and oxygen atoms in total. The predicted octanol–water partition coefficient (Wildman–Crippen LogP) is 3.66. The maximum atomic E-state index is 13.2. The maximum Gasteiger partial charge on any atom is 0.305 e. The van der Waals surface area contributed by atoms with Gasteiger partial charge in [-0.15, -0.1) is 5.39 Å². The summed E-state index contributed by atoms with van der Waals surface area (Å²) in [6, 6.07) is 6.97. The van der Waals surface area contributed by atoms with Gasteiger partial charge in [0.15, 0.2) is 0 Å². The molecule has 3 heterocycles. The molecule has 3 N–H and O–H groups in total. The number of halogens is 1. The lowest BCUT2D eigenvalue weighted by molar-refractivity contribution is -0.305. The van der Waals surface area contributed by atoms with Gasteiger partial charge in [0.25, 0.3) is 5.91 Å². The number of carbonyl (C=O) groups is 2. The minimum atomic E-state index is -0.578. The summed E-state index contributed by atoms with van der Waals surface area (Å²) in [6.07, 6.45) is 8.28. The number of nitrogens with one attached hydrogen (secondary N) is 2. The van der Waals surface area contributed by atoms with Crippen LogP contribution >= 0.6 is 11.6 Å². The second-order valence-electron chi connectivity index (χ2n) is 10.2. The molecule has 1 aliphatic heterocycles. The second-order valence-corrected chi connectivity index (χ2v) is 10.6. The molecule has 4 rings (SSSR count). The van der Waals surface area contributed by atoms with Crippen LogP contribution in [0.15, 0.2) is 42.9 Å². The normalized spacial score (nSPS) is 14.4. The van der Waals surface area contributed by atoms with Gasteiger partial charge in [-0.25, -0.2) is 15.0 Å². The molecule has 0 aliphatic carbocycles. The van der Waals surface area contributed by atoms with E-state index in [1.54, 1.807) is 37.7 Å². The molecule has 16 heteroatoms. The van der Waals surface area contributed by atoms with Gasteiger partial charge in [-0.2, -0.15) is 4.98 Å². The number of hydrogen-bond donors (Lipinski definition) is 3. The van der Waals surface area contributed by atoms with Gasteiger partial charge in [0.1, 0.15) is 29.6 Å². The van der Waals surface area contributed by atoms with E-state index in [-0.39, 0.29) is 43.8 Å². The summed E-state index contributed by atoms with van der Waals surface area (Å²) in [4.78, 5) is 49.4. The number of carbonyl (C=O) groups excluding carboxylic acids is 2. The Morgan fingerprint density at radius 2 is 2.00 bits per heavy atom. The van der Waals surface area contributed by atoms with Crippen LogP contribution in [0.2, 0.25) is 5.02 Å². The molecule has 0 unspecified atom stereocenters. The summed E-state index contributed by atoms with van der Waals surface area (Å²) >= 11 is 6.31. The van der Waals surface area contributed by atoms with Crippen LogP contribution in [0.4, 0.5) is 11.8 Å². The number of esters is 1. The highest BCUT2D eigenvalue weighted by Crippen LogP contribution is 2.27. The van der Waals surface area contributed by atoms with Crippen molar-refractivity contribution in [2.45, 2.75) is 57.7 Å². The summed E-state index contributed by atoms with van der Waals surface area (Å²) in [5.41, 5.74) is 1.09. The molecule has 2 aromatic heterocycles. The number of rotatable bonds is 17. The van der Waals surface area contributed by atoms with Crippen molar-refractivity contribution in [1.82, 2.24) is 30.6 Å². The Hall–Kier alpha value is -4.15. The molecule has 45 heavy (non-hydrogen) atoms. The summed E-state index contributed by atoms with van der Waals surface area (Å²) in [6.45, 7) is 1.36. The molecule has 0 bridgehead atoms. The molecule has 0 radical (unpaired) electrons. The van der Waals surface area contributed by atoms with Gasteiger partial charge >= 0.3 is 5.97 Å². The number of hydrogen-bond acceptors (Lipinski definition) is 14. The van der Waals surface area contributed by atoms with Gasteiger partial charge in [0.05, 0.1) is 31.3 Å². The van der Waals surface area contributed by atoms with Crippen molar-refractivity contribution in [2.24, 2.45) is 0 Å². The summed E-state index contributed by atoms with van der Waals surface area (Å²) in [5.74, 6) is 1.02. The fraction of sp³-hybridized carbons (Fsp3) is 0.448. The molecule has 3 aromatic rings. The highest BCUT2D eigenvalue weighted by Gasteiger charge is 2.29. The number of unbranched alkanes of at least 4 members (excludes halogenated alkanes) is 2. The second kappa shape index (κ2) is 17.4. The van der Waals surface area contributed by atoms with Crippen LogP contribution in [0.3, 0.4) is 0 Å². The average Bonchev–Trinajstić information content (AvgIpc) is 3.52. The molecule has 1 aromatic carbocycles. The Labute approximate surface area is 265 Å². The van der Waals surface area contributed by atoms with Crippen molar-refractivity contribution in [1.29, 1.82) is 0 Å². The van der Waals surface area contributed by atoms with Crippen LogP contribution in [0.25, 0.3) is 0 Å². The van der Waals surface area contributed by atoms with Crippen LogP contribution < -0.4 is 20.3 Å². The molecule has 1 saturated heterocycles. The van der Waals surface area contributed by atoms with E-state index in [1.807, 2.05) is 11.0 Å². The number of benzene rings is 1. The van der Waals surface area contributed by atoms with E-state index in [1.165, 1.54) is 6.20 Å². The highest BCUT2D eigenvalue weighted by molar-refractivity contribution is 6.32. The molecule has 0 saturated carbocycles. The molecule has 1 aliphatic rings. The SMILES string of the molecule is COc1ccc(CNc2nc(N3CCC[C@H]3COC(=O)CCCCCON([O-])O)ncc2C(=O)NCc2ncccn2)cc1Cl. The minimum absolute atomic E-state index is 0.0681. The standard InChI is InChI=1S/C29H36ClN8O7/c1-43-24-10-9-20(15-23(24)30)16-33-27-22(28(40)34-18-25-31-11-6-12-32-25)17-35-29(36-27)37-13-5-7-21(37)19-44-26(39)8-3-2-4-14-45-38(41)42/h6,9-12,15,17,21,41H,2-5,7-8,13-14,16,18-19H2,1H3,(H,34,40)(H,33,35,36)/q-1/t21-/m0/s1. The lowest BCUT2D eigenvalue weighted by Crippen LogP contribution is -2.35. The Morgan fingerprint density at radius 1 is 1.18 bits per heavy atom. The van der Waals surface area contributed by atoms with Gasteiger partial charge in [0, 0.05) is 38.1 Å². The minimum Gasteiger partial charge on any atom is -0.738 e. The topological polar surface area (TPSA) is 187 Å². The number of amides is 1. The first-order valence-electron chi connectivity index (χ1n) is 14.5. The quantitative estimate of drug-likeness (QED) is 0.110. The van der Waals surface area contributed by atoms with Gasteiger partial charge in [-0.1, -0.05) is 24.1 Å². The van der Waals surface area contributed by atoms with Crippen LogP contribution in [0, 0.1) is 5.21 Å². The van der Waals surface area contributed by atoms with Crippen LogP contribution in [0.1, 0.15) is 60.3 Å². The third kappa shape index (κ3) is 10.5. The zero-order valence-corrected chi connectivity index (χ0v) is 25.6. The third-order valence-electron chi connectivity index (χ3n) is 7.02. The van der Waals surface area contributed by atoms with E-state index in [2.05, 4.69) is 30.4 Å². The predicted molar refractivity (Wildman–Crippen MR) is 163 cm³/mol. The summed E-state index contributed by atoms with van der Waals surface area (Å²) in [5, 5.41) is 24.7. The first kappa shape index (κ1) is 33.7. The summed E-state index contributed by atoms with van der Waals surface area (Å²) < 4.78 is 10.8.